The van der Waals surface area contributed by atoms with Crippen molar-refractivity contribution in [2.75, 3.05) is 31.1 Å². The largest absolute Gasteiger partial charge is 0.352 e. The first-order valence-corrected chi connectivity index (χ1v) is 7.99. The van der Waals surface area contributed by atoms with Gasteiger partial charge in [-0.25, -0.2) is 9.97 Å². The average Bonchev–Trinajstić information content (AvgIpc) is 3.39. The molecule has 0 unspecified atom stereocenters. The lowest BCUT2D eigenvalue weighted by atomic mass is 10.2. The molecule has 0 N–H and O–H groups in total. The summed E-state index contributed by atoms with van der Waals surface area (Å²) < 4.78 is 0. The van der Waals surface area contributed by atoms with Crippen LogP contribution in [0.3, 0.4) is 0 Å². The van der Waals surface area contributed by atoms with Crippen molar-refractivity contribution in [3.63, 3.8) is 0 Å². The van der Waals surface area contributed by atoms with Crippen LogP contribution < -0.4 is 4.90 Å². The topological polar surface area (TPSA) is 49.3 Å². The SMILES string of the molecule is Cc1nc2ccccc2nc1N1CCN(C(=O)C2CC2)CC1. The summed E-state index contributed by atoms with van der Waals surface area (Å²) in [6.45, 7) is 5.28. The Morgan fingerprint density at radius 1 is 1.05 bits per heavy atom. The summed E-state index contributed by atoms with van der Waals surface area (Å²) in [7, 11) is 0. The highest BCUT2D eigenvalue weighted by Crippen LogP contribution is 2.31. The number of carbonyl (C=O) groups excluding carboxylic acids is 1. The van der Waals surface area contributed by atoms with Gasteiger partial charge in [-0.05, 0) is 31.9 Å². The molecule has 1 amide bonds. The zero-order valence-electron chi connectivity index (χ0n) is 12.8. The van der Waals surface area contributed by atoms with Crippen LogP contribution in [0.25, 0.3) is 11.0 Å². The number of rotatable bonds is 2. The maximum absolute atomic E-state index is 12.1. The van der Waals surface area contributed by atoms with Crippen LogP contribution in [0, 0.1) is 12.8 Å². The Hall–Kier alpha value is -2.17. The molecule has 0 radical (unpaired) electrons. The minimum absolute atomic E-state index is 0.314. The summed E-state index contributed by atoms with van der Waals surface area (Å²) in [5.41, 5.74) is 2.83. The molecule has 114 valence electrons. The van der Waals surface area contributed by atoms with Gasteiger partial charge >= 0.3 is 0 Å². The Kier molecular flexibility index (Phi) is 3.21. The summed E-state index contributed by atoms with van der Waals surface area (Å²) in [4.78, 5) is 25.8. The first-order chi connectivity index (χ1) is 10.7. The van der Waals surface area contributed by atoms with Gasteiger partial charge in [-0.2, -0.15) is 0 Å². The first-order valence-electron chi connectivity index (χ1n) is 7.99. The molecule has 1 aliphatic carbocycles. The molecule has 1 aromatic carbocycles. The summed E-state index contributed by atoms with van der Waals surface area (Å²) in [6, 6.07) is 7.96. The molecular weight excluding hydrogens is 276 g/mol. The second-order valence-electron chi connectivity index (χ2n) is 6.21. The van der Waals surface area contributed by atoms with Crippen LogP contribution in [-0.2, 0) is 4.79 Å². The third kappa shape index (κ3) is 2.40. The van der Waals surface area contributed by atoms with Crippen molar-refractivity contribution in [3.8, 4) is 0 Å². The summed E-state index contributed by atoms with van der Waals surface area (Å²) >= 11 is 0. The average molecular weight is 296 g/mol. The number of para-hydroxylation sites is 2. The van der Waals surface area contributed by atoms with Gasteiger partial charge < -0.3 is 9.80 Å². The molecule has 5 heteroatoms. The number of carbonyl (C=O) groups is 1. The van der Waals surface area contributed by atoms with Gasteiger partial charge in [0.1, 0.15) is 0 Å². The van der Waals surface area contributed by atoms with E-state index < -0.39 is 0 Å². The highest BCUT2D eigenvalue weighted by atomic mass is 16.2. The van der Waals surface area contributed by atoms with Crippen LogP contribution in [0.2, 0.25) is 0 Å². The maximum atomic E-state index is 12.1. The van der Waals surface area contributed by atoms with Gasteiger partial charge in [-0.15, -0.1) is 0 Å². The standard InChI is InChI=1S/C17H20N4O/c1-12-16(19-15-5-3-2-4-14(15)18-12)20-8-10-21(11-9-20)17(22)13-6-7-13/h2-5,13H,6-11H2,1H3. The quantitative estimate of drug-likeness (QED) is 0.850. The van der Waals surface area contributed by atoms with Crippen LogP contribution in [0.5, 0.6) is 0 Å². The van der Waals surface area contributed by atoms with Crippen molar-refractivity contribution in [2.24, 2.45) is 5.92 Å². The molecule has 4 rings (SSSR count). The minimum Gasteiger partial charge on any atom is -0.352 e. The number of hydrogen-bond acceptors (Lipinski definition) is 4. The van der Waals surface area contributed by atoms with E-state index >= 15 is 0 Å². The Labute approximate surface area is 130 Å². The van der Waals surface area contributed by atoms with Crippen LogP contribution >= 0.6 is 0 Å². The molecular formula is C17H20N4O. The molecule has 0 spiro atoms. The number of fused-ring (bicyclic) bond motifs is 1. The van der Waals surface area contributed by atoms with Crippen LogP contribution in [0.15, 0.2) is 24.3 Å². The van der Waals surface area contributed by atoms with Crippen molar-refractivity contribution in [1.82, 2.24) is 14.9 Å². The lowest BCUT2D eigenvalue weighted by Gasteiger charge is -2.36. The van der Waals surface area contributed by atoms with E-state index in [1.165, 1.54) is 0 Å². The van der Waals surface area contributed by atoms with Gasteiger partial charge in [-0.1, -0.05) is 12.1 Å². The molecule has 1 aliphatic heterocycles. The molecule has 0 atom stereocenters. The predicted octanol–water partition coefficient (Wildman–Crippen LogP) is 2.00. The van der Waals surface area contributed by atoms with E-state index in [1.54, 1.807) is 0 Å². The van der Waals surface area contributed by atoms with Gasteiger partial charge in [0.25, 0.3) is 0 Å². The van der Waals surface area contributed by atoms with Crippen molar-refractivity contribution in [2.45, 2.75) is 19.8 Å². The van der Waals surface area contributed by atoms with Gasteiger partial charge in [0.2, 0.25) is 5.91 Å². The highest BCUT2D eigenvalue weighted by molar-refractivity contribution is 5.81. The fraction of sp³-hybridized carbons (Fsp3) is 0.471. The Bertz CT molecular complexity index is 718. The maximum Gasteiger partial charge on any atom is 0.225 e. The Morgan fingerprint density at radius 3 is 2.32 bits per heavy atom. The van der Waals surface area contributed by atoms with E-state index in [-0.39, 0.29) is 0 Å². The normalized spacial score (nSPS) is 18.8. The summed E-state index contributed by atoms with van der Waals surface area (Å²) in [6.07, 6.45) is 2.16. The van der Waals surface area contributed by atoms with Crippen molar-refractivity contribution >= 4 is 22.8 Å². The van der Waals surface area contributed by atoms with Gasteiger partial charge in [0, 0.05) is 32.1 Å². The van der Waals surface area contributed by atoms with Crippen molar-refractivity contribution < 1.29 is 4.79 Å². The fourth-order valence-electron chi connectivity index (χ4n) is 3.11. The van der Waals surface area contributed by atoms with Crippen molar-refractivity contribution in [3.05, 3.63) is 30.0 Å². The second kappa shape index (κ2) is 5.23. The molecule has 1 saturated heterocycles. The van der Waals surface area contributed by atoms with E-state index in [0.29, 0.717) is 11.8 Å². The second-order valence-corrected chi connectivity index (χ2v) is 6.21. The van der Waals surface area contributed by atoms with Crippen LogP contribution in [-0.4, -0.2) is 47.0 Å². The third-order valence-corrected chi connectivity index (χ3v) is 4.54. The third-order valence-electron chi connectivity index (χ3n) is 4.54. The number of anilines is 1. The van der Waals surface area contributed by atoms with E-state index in [0.717, 1.165) is 61.6 Å². The molecule has 2 heterocycles. The number of piperazine rings is 1. The lowest BCUT2D eigenvalue weighted by Crippen LogP contribution is -2.49. The van der Waals surface area contributed by atoms with Gasteiger partial charge in [-0.3, -0.25) is 4.79 Å². The van der Waals surface area contributed by atoms with Gasteiger partial charge in [0.05, 0.1) is 16.7 Å². The minimum atomic E-state index is 0.314. The molecule has 2 aliphatic rings. The number of aryl methyl sites for hydroxylation is 1. The molecule has 2 aromatic rings. The molecule has 22 heavy (non-hydrogen) atoms. The molecule has 5 nitrogen and oxygen atoms in total. The molecule has 1 saturated carbocycles. The monoisotopic (exact) mass is 296 g/mol. The molecule has 1 aromatic heterocycles. The van der Waals surface area contributed by atoms with E-state index in [4.69, 9.17) is 4.98 Å². The molecule has 0 bridgehead atoms. The Balaban J connectivity index is 1.53. The van der Waals surface area contributed by atoms with Crippen molar-refractivity contribution in [1.29, 1.82) is 0 Å². The van der Waals surface area contributed by atoms with Crippen LogP contribution in [0.4, 0.5) is 5.82 Å². The smallest absolute Gasteiger partial charge is 0.225 e. The fourth-order valence-corrected chi connectivity index (χ4v) is 3.11. The number of benzene rings is 1. The van der Waals surface area contributed by atoms with E-state index in [2.05, 4.69) is 9.88 Å². The zero-order valence-corrected chi connectivity index (χ0v) is 12.8. The first kappa shape index (κ1) is 13.5. The number of amides is 1. The predicted molar refractivity (Wildman–Crippen MR) is 85.8 cm³/mol. The summed E-state index contributed by atoms with van der Waals surface area (Å²) in [5, 5.41) is 0. The molecule has 2 fully saturated rings. The highest BCUT2D eigenvalue weighted by Gasteiger charge is 2.34. The van der Waals surface area contributed by atoms with E-state index in [1.807, 2.05) is 36.1 Å². The number of hydrogen-bond donors (Lipinski definition) is 0. The zero-order chi connectivity index (χ0) is 15.1. The number of aromatic nitrogens is 2. The number of nitrogens with zero attached hydrogens (tertiary/aromatic N) is 4. The van der Waals surface area contributed by atoms with Gasteiger partial charge in [0.15, 0.2) is 5.82 Å². The van der Waals surface area contributed by atoms with Crippen LogP contribution in [0.1, 0.15) is 18.5 Å². The lowest BCUT2D eigenvalue weighted by molar-refractivity contribution is -0.132. The summed E-state index contributed by atoms with van der Waals surface area (Å²) in [5.74, 6) is 1.62. The Morgan fingerprint density at radius 2 is 1.68 bits per heavy atom. The van der Waals surface area contributed by atoms with E-state index in [9.17, 15) is 4.79 Å².